The van der Waals surface area contributed by atoms with Crippen molar-refractivity contribution in [3.8, 4) is 0 Å². The first kappa shape index (κ1) is 12.2. The molecule has 0 amide bonds. The van der Waals surface area contributed by atoms with E-state index in [1.807, 2.05) is 19.1 Å². The smallest absolute Gasteiger partial charge is 0.155 e. The average molecular weight is 201 g/mol. The van der Waals surface area contributed by atoms with Crippen molar-refractivity contribution in [2.24, 2.45) is 11.3 Å². The minimum atomic E-state index is -0.208. The maximum Gasteiger partial charge on any atom is 0.155 e. The monoisotopic (exact) mass is 201 g/mol. The molecule has 0 radical (unpaired) electrons. The van der Waals surface area contributed by atoms with Crippen LogP contribution < -0.4 is 0 Å². The first-order chi connectivity index (χ1) is 6.26. The van der Waals surface area contributed by atoms with Crippen LogP contribution in [-0.4, -0.2) is 11.9 Å². The third kappa shape index (κ3) is 5.47. The van der Waals surface area contributed by atoms with Crippen molar-refractivity contribution in [1.29, 1.82) is 0 Å². The summed E-state index contributed by atoms with van der Waals surface area (Å²) in [6.45, 7) is 5.37. The number of hydrogen-bond donors (Lipinski definition) is 1. The van der Waals surface area contributed by atoms with E-state index < -0.39 is 0 Å². The van der Waals surface area contributed by atoms with Crippen LogP contribution in [0.1, 0.15) is 13.3 Å². The summed E-state index contributed by atoms with van der Waals surface area (Å²) in [5.74, 6) is 0.909. The lowest BCUT2D eigenvalue weighted by molar-refractivity contribution is 0.0392. The third-order valence-electron chi connectivity index (χ3n) is 1.77. The Hall–Kier alpha value is -0.770. The van der Waals surface area contributed by atoms with Crippen molar-refractivity contribution in [2.45, 2.75) is 19.4 Å². The van der Waals surface area contributed by atoms with Crippen LogP contribution in [-0.2, 0) is 4.84 Å². The van der Waals surface area contributed by atoms with Gasteiger partial charge in [-0.1, -0.05) is 24.8 Å². The van der Waals surface area contributed by atoms with Gasteiger partial charge in [-0.25, -0.2) is 0 Å². The number of allylic oxidation sites excluding steroid dienone is 2. The van der Waals surface area contributed by atoms with E-state index in [-0.39, 0.29) is 12.0 Å². The van der Waals surface area contributed by atoms with Gasteiger partial charge in [-0.2, -0.15) is 12.6 Å². The predicted molar refractivity (Wildman–Crippen MR) is 57.6 cm³/mol. The second-order valence-corrected chi connectivity index (χ2v) is 3.13. The average Bonchev–Trinajstić information content (AvgIpc) is 2.12. The van der Waals surface area contributed by atoms with Crippen LogP contribution in [0.3, 0.4) is 0 Å². The first-order valence-corrected chi connectivity index (χ1v) is 4.78. The van der Waals surface area contributed by atoms with Crippen molar-refractivity contribution >= 4 is 12.6 Å². The van der Waals surface area contributed by atoms with Gasteiger partial charge in [-0.3, -0.25) is 0 Å². The van der Waals surface area contributed by atoms with Gasteiger partial charge in [0.15, 0.2) is 5.34 Å². The highest BCUT2D eigenvalue weighted by atomic mass is 32.1. The van der Waals surface area contributed by atoms with E-state index in [0.717, 1.165) is 12.2 Å². The van der Waals surface area contributed by atoms with E-state index in [2.05, 4.69) is 29.4 Å². The quantitative estimate of drug-likeness (QED) is 0.298. The van der Waals surface area contributed by atoms with Gasteiger partial charge < -0.3 is 4.84 Å². The molecule has 0 aromatic rings. The minimum Gasteiger partial charge on any atom is -0.360 e. The number of nitrogens with zero attached hydrogens (tertiary/aromatic N) is 1. The molecule has 0 fully saturated rings. The maximum absolute atomic E-state index is 9.86. The molecule has 0 aliphatic heterocycles. The van der Waals surface area contributed by atoms with E-state index >= 15 is 0 Å². The van der Waals surface area contributed by atoms with Gasteiger partial charge in [-0.15, -0.1) is 4.91 Å². The Bertz CT molecular complexity index is 182. The topological polar surface area (TPSA) is 38.7 Å². The molecule has 0 spiro atoms. The molecular formula is C9H15NO2S. The molecule has 2 unspecified atom stereocenters. The lowest BCUT2D eigenvalue weighted by Gasteiger charge is -2.16. The second-order valence-electron chi connectivity index (χ2n) is 2.68. The normalized spacial score (nSPS) is 15.2. The lowest BCUT2D eigenvalue weighted by Crippen LogP contribution is -2.17. The Morgan fingerprint density at radius 3 is 2.85 bits per heavy atom. The molecule has 0 rings (SSSR count). The first-order valence-electron chi connectivity index (χ1n) is 4.14. The zero-order chi connectivity index (χ0) is 10.1. The van der Waals surface area contributed by atoms with Crippen LogP contribution in [0.2, 0.25) is 0 Å². The van der Waals surface area contributed by atoms with Crippen LogP contribution in [0.25, 0.3) is 0 Å². The molecule has 0 N–H and O–H groups in total. The summed E-state index contributed by atoms with van der Waals surface area (Å²) < 4.78 is 0. The number of hydrogen-bond acceptors (Lipinski definition) is 4. The van der Waals surface area contributed by atoms with Crippen LogP contribution in [0, 0.1) is 10.8 Å². The largest absolute Gasteiger partial charge is 0.360 e. The second kappa shape index (κ2) is 7.86. The van der Waals surface area contributed by atoms with Gasteiger partial charge >= 0.3 is 0 Å². The zero-order valence-corrected chi connectivity index (χ0v) is 8.61. The van der Waals surface area contributed by atoms with Crippen LogP contribution in [0.4, 0.5) is 0 Å². The van der Waals surface area contributed by atoms with Crippen LogP contribution >= 0.6 is 12.6 Å². The van der Waals surface area contributed by atoms with Gasteiger partial charge in [0.1, 0.15) is 6.10 Å². The predicted octanol–water partition coefficient (Wildman–Crippen LogP) is 2.75. The highest BCUT2D eigenvalue weighted by Crippen LogP contribution is 2.15. The molecule has 3 nitrogen and oxygen atoms in total. The fourth-order valence-corrected chi connectivity index (χ4v) is 1.30. The maximum atomic E-state index is 9.86. The highest BCUT2D eigenvalue weighted by Gasteiger charge is 2.15. The Morgan fingerprint density at radius 1 is 1.69 bits per heavy atom. The van der Waals surface area contributed by atoms with Gasteiger partial charge in [0.05, 0.1) is 0 Å². The van der Waals surface area contributed by atoms with Crippen molar-refractivity contribution in [3.63, 3.8) is 0 Å². The van der Waals surface area contributed by atoms with Crippen LogP contribution in [0.5, 0.6) is 0 Å². The molecule has 4 heteroatoms. The van der Waals surface area contributed by atoms with E-state index in [1.165, 1.54) is 0 Å². The highest BCUT2D eigenvalue weighted by molar-refractivity contribution is 7.80. The molecule has 0 aliphatic rings. The lowest BCUT2D eigenvalue weighted by atomic mass is 10.0. The summed E-state index contributed by atoms with van der Waals surface area (Å²) in [5.41, 5.74) is 0. The molecule has 0 aromatic heterocycles. The summed E-state index contributed by atoms with van der Waals surface area (Å²) in [5, 5.41) is 2.41. The molecule has 74 valence electrons. The fourth-order valence-electron chi connectivity index (χ4n) is 1.00. The van der Waals surface area contributed by atoms with E-state index in [0.29, 0.717) is 0 Å². The van der Waals surface area contributed by atoms with Gasteiger partial charge in [0.25, 0.3) is 0 Å². The van der Waals surface area contributed by atoms with Crippen molar-refractivity contribution in [1.82, 2.24) is 0 Å². The Labute approximate surface area is 84.2 Å². The summed E-state index contributed by atoms with van der Waals surface area (Å²) in [6, 6.07) is 0. The van der Waals surface area contributed by atoms with Crippen molar-refractivity contribution in [2.75, 3.05) is 5.75 Å². The van der Waals surface area contributed by atoms with Crippen molar-refractivity contribution < 1.29 is 4.84 Å². The molecule has 0 heterocycles. The minimum absolute atomic E-state index is 0.160. The van der Waals surface area contributed by atoms with E-state index in [4.69, 9.17) is 0 Å². The molecule has 0 saturated carbocycles. The van der Waals surface area contributed by atoms with Crippen molar-refractivity contribution in [3.05, 3.63) is 29.7 Å². The number of rotatable bonds is 7. The fraction of sp³-hybridized carbons (Fsp3) is 0.556. The number of thiol groups is 1. The molecule has 2 atom stereocenters. The molecule has 13 heavy (non-hydrogen) atoms. The molecule has 0 aliphatic carbocycles. The summed E-state index contributed by atoms with van der Waals surface area (Å²) in [6.07, 6.45) is 6.11. The standard InChI is InChI=1S/C9H15NO2S/c1-3-4-5-9(6-7-13)8(2)12-10-11/h3-5,8-9,13H,1,6-7H2,2H3. The zero-order valence-electron chi connectivity index (χ0n) is 7.72. The summed E-state index contributed by atoms with van der Waals surface area (Å²) >= 11 is 4.12. The van der Waals surface area contributed by atoms with E-state index in [9.17, 15) is 4.91 Å². The molecule has 0 aromatic carbocycles. The summed E-state index contributed by atoms with van der Waals surface area (Å²) in [7, 11) is 0. The Morgan fingerprint density at radius 2 is 2.38 bits per heavy atom. The van der Waals surface area contributed by atoms with Gasteiger partial charge in [0, 0.05) is 5.92 Å². The molecule has 0 saturated heterocycles. The Balaban J connectivity index is 4.12. The molecular weight excluding hydrogens is 186 g/mol. The Kier molecular flexibility index (Phi) is 7.39. The SMILES string of the molecule is C=CC=CC(CCS)C(C)ON=O. The third-order valence-corrected chi connectivity index (χ3v) is 2.03. The van der Waals surface area contributed by atoms with Gasteiger partial charge in [0.2, 0.25) is 0 Å². The van der Waals surface area contributed by atoms with Gasteiger partial charge in [-0.05, 0) is 19.1 Å². The summed E-state index contributed by atoms with van der Waals surface area (Å²) in [4.78, 5) is 14.5. The molecule has 0 bridgehead atoms. The van der Waals surface area contributed by atoms with E-state index in [1.54, 1.807) is 6.08 Å². The van der Waals surface area contributed by atoms with Crippen LogP contribution in [0.15, 0.2) is 30.1 Å².